The number of carbonyl (C=O) groups excluding carboxylic acids is 2. The summed E-state index contributed by atoms with van der Waals surface area (Å²) < 4.78 is 5.33. The third kappa shape index (κ3) is 6.04. The second-order valence-electron chi connectivity index (χ2n) is 6.88. The Morgan fingerprint density at radius 2 is 1.66 bits per heavy atom. The first-order chi connectivity index (χ1) is 14.2. The standard InChI is InChI=1S/C25H25NO3/c1-2-3-13-23(27)17-24(22-15-14-20-11-7-8-12-21(20)16-22)26-25(28)29-18-19-9-5-4-6-10-19/h4-12,14-17H,2-3,13,18H2,1H3,(H,26,28)/b24-17-. The number of fused-ring (bicyclic) bond motifs is 1. The largest absolute Gasteiger partial charge is 0.444 e. The highest BCUT2D eigenvalue weighted by molar-refractivity contribution is 5.99. The van der Waals surface area contributed by atoms with Crippen molar-refractivity contribution in [1.82, 2.24) is 5.32 Å². The molecule has 0 fully saturated rings. The summed E-state index contributed by atoms with van der Waals surface area (Å²) in [6.45, 7) is 2.21. The lowest BCUT2D eigenvalue weighted by Crippen LogP contribution is -2.23. The molecule has 0 radical (unpaired) electrons. The van der Waals surface area contributed by atoms with Gasteiger partial charge >= 0.3 is 6.09 Å². The lowest BCUT2D eigenvalue weighted by atomic mass is 10.0. The molecule has 1 amide bonds. The van der Waals surface area contributed by atoms with Crippen LogP contribution in [0, 0.1) is 0 Å². The lowest BCUT2D eigenvalue weighted by Gasteiger charge is -2.12. The van der Waals surface area contributed by atoms with Crippen molar-refractivity contribution in [1.29, 1.82) is 0 Å². The van der Waals surface area contributed by atoms with Crippen LogP contribution in [0.5, 0.6) is 0 Å². The normalized spacial score (nSPS) is 11.3. The number of alkyl carbamates (subject to hydrolysis) is 1. The molecule has 0 aliphatic heterocycles. The van der Waals surface area contributed by atoms with Crippen LogP contribution in [0.3, 0.4) is 0 Å². The molecule has 3 aromatic rings. The van der Waals surface area contributed by atoms with Gasteiger partial charge in [0.15, 0.2) is 5.78 Å². The monoisotopic (exact) mass is 387 g/mol. The number of amides is 1. The van der Waals surface area contributed by atoms with Crippen LogP contribution in [0.2, 0.25) is 0 Å². The van der Waals surface area contributed by atoms with Crippen molar-refractivity contribution in [2.45, 2.75) is 32.8 Å². The molecule has 0 aliphatic carbocycles. The molecule has 3 aromatic carbocycles. The predicted octanol–water partition coefficient (Wildman–Crippen LogP) is 5.87. The third-order valence-corrected chi connectivity index (χ3v) is 4.59. The molecule has 4 nitrogen and oxygen atoms in total. The van der Waals surface area contributed by atoms with Crippen molar-refractivity contribution < 1.29 is 14.3 Å². The van der Waals surface area contributed by atoms with Gasteiger partial charge < -0.3 is 4.74 Å². The van der Waals surface area contributed by atoms with Crippen LogP contribution in [0.15, 0.2) is 78.9 Å². The zero-order valence-electron chi connectivity index (χ0n) is 16.6. The Bertz CT molecular complexity index is 1010. The van der Waals surface area contributed by atoms with E-state index in [1.807, 2.05) is 79.7 Å². The van der Waals surface area contributed by atoms with E-state index in [1.165, 1.54) is 6.08 Å². The van der Waals surface area contributed by atoms with Crippen molar-refractivity contribution >= 4 is 28.3 Å². The Morgan fingerprint density at radius 1 is 0.931 bits per heavy atom. The molecule has 1 N–H and O–H groups in total. The molecule has 3 rings (SSSR count). The van der Waals surface area contributed by atoms with Gasteiger partial charge in [-0.15, -0.1) is 0 Å². The number of hydrogen-bond acceptors (Lipinski definition) is 3. The predicted molar refractivity (Wildman–Crippen MR) is 116 cm³/mol. The molecule has 148 valence electrons. The van der Waals surface area contributed by atoms with Crippen LogP contribution in [0.25, 0.3) is 16.5 Å². The zero-order valence-corrected chi connectivity index (χ0v) is 16.6. The number of carbonyl (C=O) groups is 2. The summed E-state index contributed by atoms with van der Waals surface area (Å²) in [5.74, 6) is -0.0154. The van der Waals surface area contributed by atoms with Gasteiger partial charge in [-0.2, -0.15) is 0 Å². The van der Waals surface area contributed by atoms with E-state index in [0.29, 0.717) is 12.1 Å². The van der Waals surface area contributed by atoms with Gasteiger partial charge in [0.05, 0.1) is 5.70 Å². The zero-order chi connectivity index (χ0) is 20.5. The Morgan fingerprint density at radius 3 is 2.41 bits per heavy atom. The van der Waals surface area contributed by atoms with Crippen LogP contribution in [-0.2, 0) is 16.1 Å². The minimum Gasteiger partial charge on any atom is -0.444 e. The first kappa shape index (κ1) is 20.3. The maximum atomic E-state index is 12.4. The fraction of sp³-hybridized carbons (Fsp3) is 0.200. The van der Waals surface area contributed by atoms with E-state index in [1.54, 1.807) is 0 Å². The van der Waals surface area contributed by atoms with Crippen LogP contribution in [-0.4, -0.2) is 11.9 Å². The van der Waals surface area contributed by atoms with E-state index < -0.39 is 6.09 Å². The van der Waals surface area contributed by atoms with Crippen molar-refractivity contribution in [2.24, 2.45) is 0 Å². The van der Waals surface area contributed by atoms with Crippen molar-refractivity contribution in [3.05, 3.63) is 90.0 Å². The fourth-order valence-corrected chi connectivity index (χ4v) is 3.00. The number of nitrogens with one attached hydrogen (secondary N) is 1. The molecule has 0 aliphatic rings. The van der Waals surface area contributed by atoms with Gasteiger partial charge in [0.25, 0.3) is 0 Å². The summed E-state index contributed by atoms with van der Waals surface area (Å²) >= 11 is 0. The smallest absolute Gasteiger partial charge is 0.411 e. The third-order valence-electron chi connectivity index (χ3n) is 4.59. The number of hydrogen-bond donors (Lipinski definition) is 1. The van der Waals surface area contributed by atoms with Crippen LogP contribution >= 0.6 is 0 Å². The first-order valence-corrected chi connectivity index (χ1v) is 9.87. The SMILES string of the molecule is CCCCC(=O)/C=C(\NC(=O)OCc1ccccc1)c1ccc2ccccc2c1. The minimum absolute atomic E-state index is 0.0154. The molecule has 0 heterocycles. The molecule has 0 unspecified atom stereocenters. The van der Waals surface area contributed by atoms with E-state index in [9.17, 15) is 9.59 Å². The van der Waals surface area contributed by atoms with Gasteiger partial charge in [0, 0.05) is 12.5 Å². The number of ketones is 1. The Kier molecular flexibility index (Phi) is 7.17. The summed E-state index contributed by atoms with van der Waals surface area (Å²) in [5.41, 5.74) is 2.12. The Labute approximate surface area is 171 Å². The number of allylic oxidation sites excluding steroid dienone is 1. The molecule has 0 atom stereocenters. The summed E-state index contributed by atoms with van der Waals surface area (Å²) in [7, 11) is 0. The van der Waals surface area contributed by atoms with E-state index in [-0.39, 0.29) is 12.4 Å². The molecule has 0 spiro atoms. The minimum atomic E-state index is -0.587. The summed E-state index contributed by atoms with van der Waals surface area (Å²) in [6.07, 6.45) is 3.13. The number of rotatable bonds is 8. The van der Waals surface area contributed by atoms with Gasteiger partial charge in [-0.25, -0.2) is 4.79 Å². The highest BCUT2D eigenvalue weighted by Crippen LogP contribution is 2.20. The first-order valence-electron chi connectivity index (χ1n) is 9.87. The average molecular weight is 387 g/mol. The molecule has 0 saturated heterocycles. The van der Waals surface area contributed by atoms with Gasteiger partial charge in [-0.05, 0) is 34.4 Å². The molecule has 0 aromatic heterocycles. The van der Waals surface area contributed by atoms with Crippen molar-refractivity contribution in [3.8, 4) is 0 Å². The van der Waals surface area contributed by atoms with Gasteiger partial charge in [0.1, 0.15) is 6.61 Å². The topological polar surface area (TPSA) is 55.4 Å². The second kappa shape index (κ2) is 10.2. The van der Waals surface area contributed by atoms with Gasteiger partial charge in [-0.3, -0.25) is 10.1 Å². The summed E-state index contributed by atoms with van der Waals surface area (Å²) in [5, 5.41) is 4.89. The maximum absolute atomic E-state index is 12.4. The van der Waals surface area contributed by atoms with Crippen LogP contribution in [0.1, 0.15) is 37.3 Å². The highest BCUT2D eigenvalue weighted by atomic mass is 16.5. The van der Waals surface area contributed by atoms with Crippen molar-refractivity contribution in [2.75, 3.05) is 0 Å². The molecule has 0 saturated carbocycles. The summed E-state index contributed by atoms with van der Waals surface area (Å²) in [4.78, 5) is 24.7. The van der Waals surface area contributed by atoms with E-state index in [2.05, 4.69) is 5.32 Å². The fourth-order valence-electron chi connectivity index (χ4n) is 3.00. The average Bonchev–Trinajstić information content (AvgIpc) is 2.76. The number of benzene rings is 3. The summed E-state index contributed by atoms with van der Waals surface area (Å²) in [6, 6.07) is 23.3. The maximum Gasteiger partial charge on any atom is 0.411 e. The van der Waals surface area contributed by atoms with Gasteiger partial charge in [-0.1, -0.05) is 80.1 Å². The molecule has 4 heteroatoms. The Hall–Kier alpha value is -3.40. The Balaban J connectivity index is 1.79. The number of ether oxygens (including phenoxy) is 1. The second-order valence-corrected chi connectivity index (χ2v) is 6.88. The lowest BCUT2D eigenvalue weighted by molar-refractivity contribution is -0.114. The van der Waals surface area contributed by atoms with Crippen LogP contribution < -0.4 is 5.32 Å². The van der Waals surface area contributed by atoms with Gasteiger partial charge in [0.2, 0.25) is 0 Å². The van der Waals surface area contributed by atoms with E-state index in [4.69, 9.17) is 4.74 Å². The molecule has 29 heavy (non-hydrogen) atoms. The van der Waals surface area contributed by atoms with E-state index in [0.717, 1.165) is 34.7 Å². The van der Waals surface area contributed by atoms with Crippen molar-refractivity contribution in [3.63, 3.8) is 0 Å². The molecule has 0 bridgehead atoms. The van der Waals surface area contributed by atoms with Crippen LogP contribution in [0.4, 0.5) is 4.79 Å². The molecular weight excluding hydrogens is 362 g/mol. The molecular formula is C25H25NO3. The quantitative estimate of drug-likeness (QED) is 0.492. The van der Waals surface area contributed by atoms with E-state index >= 15 is 0 Å². The number of unbranched alkanes of at least 4 members (excludes halogenated alkanes) is 1. The highest BCUT2D eigenvalue weighted by Gasteiger charge is 2.11.